The first-order valence-corrected chi connectivity index (χ1v) is 7.76. The monoisotopic (exact) mass is 259 g/mol. The zero-order valence-corrected chi connectivity index (χ0v) is 12.3. The second-order valence-electron chi connectivity index (χ2n) is 5.26. The average molecular weight is 259 g/mol. The summed E-state index contributed by atoms with van der Waals surface area (Å²) in [5, 5.41) is 8.72. The van der Waals surface area contributed by atoms with Gasteiger partial charge in [0, 0.05) is 18.6 Å². The summed E-state index contributed by atoms with van der Waals surface area (Å²) in [5.74, 6) is 0. The summed E-state index contributed by atoms with van der Waals surface area (Å²) in [5.41, 5.74) is 0.739. The van der Waals surface area contributed by atoms with Crippen LogP contribution in [0.1, 0.15) is 70.3 Å². The van der Waals surface area contributed by atoms with Crippen LogP contribution in [0.3, 0.4) is 0 Å². The van der Waals surface area contributed by atoms with Crippen molar-refractivity contribution in [1.82, 2.24) is 0 Å². The van der Waals surface area contributed by atoms with E-state index in [1.54, 1.807) is 0 Å². The maximum Gasteiger partial charge on any atom is 0.170 e. The van der Waals surface area contributed by atoms with Crippen molar-refractivity contribution in [1.29, 1.82) is 5.26 Å². The van der Waals surface area contributed by atoms with E-state index in [1.165, 1.54) is 57.8 Å². The summed E-state index contributed by atoms with van der Waals surface area (Å²) in [7, 11) is 0. The SMILES string of the molecule is CCCCCCCCCCC[n+]1ccc(C#N)cc1. The number of hydrogen-bond donors (Lipinski definition) is 0. The molecule has 0 unspecified atom stereocenters. The van der Waals surface area contributed by atoms with Gasteiger partial charge in [-0.3, -0.25) is 0 Å². The number of unbranched alkanes of at least 4 members (excludes halogenated alkanes) is 8. The molecule has 104 valence electrons. The van der Waals surface area contributed by atoms with Crippen LogP contribution in [0.15, 0.2) is 24.5 Å². The molecule has 0 aliphatic heterocycles. The van der Waals surface area contributed by atoms with Gasteiger partial charge in [-0.15, -0.1) is 0 Å². The molecule has 1 aromatic heterocycles. The van der Waals surface area contributed by atoms with Crippen LogP contribution in [0, 0.1) is 11.3 Å². The predicted molar refractivity (Wildman–Crippen MR) is 78.6 cm³/mol. The van der Waals surface area contributed by atoms with Crippen LogP contribution >= 0.6 is 0 Å². The molecular weight excluding hydrogens is 232 g/mol. The van der Waals surface area contributed by atoms with Gasteiger partial charge in [-0.25, -0.2) is 4.57 Å². The Morgan fingerprint density at radius 1 is 0.895 bits per heavy atom. The molecule has 0 spiro atoms. The maximum atomic E-state index is 8.72. The largest absolute Gasteiger partial charge is 0.205 e. The van der Waals surface area contributed by atoms with Crippen LogP contribution in [-0.2, 0) is 6.54 Å². The first-order valence-electron chi connectivity index (χ1n) is 7.76. The van der Waals surface area contributed by atoms with E-state index < -0.39 is 0 Å². The van der Waals surface area contributed by atoms with Gasteiger partial charge in [0.25, 0.3) is 0 Å². The van der Waals surface area contributed by atoms with Crippen molar-refractivity contribution < 1.29 is 4.57 Å². The minimum absolute atomic E-state index is 0.739. The van der Waals surface area contributed by atoms with Crippen LogP contribution in [0.4, 0.5) is 0 Å². The molecular formula is C17H27N2+. The number of nitriles is 1. The highest BCUT2D eigenvalue weighted by molar-refractivity contribution is 5.23. The van der Waals surface area contributed by atoms with Gasteiger partial charge < -0.3 is 0 Å². The van der Waals surface area contributed by atoms with E-state index in [9.17, 15) is 0 Å². The van der Waals surface area contributed by atoms with Gasteiger partial charge in [0.2, 0.25) is 0 Å². The zero-order chi connectivity index (χ0) is 13.8. The van der Waals surface area contributed by atoms with E-state index in [4.69, 9.17) is 5.26 Å². The maximum absolute atomic E-state index is 8.72. The molecule has 0 aliphatic carbocycles. The third-order valence-corrected chi connectivity index (χ3v) is 3.54. The molecule has 0 bridgehead atoms. The minimum Gasteiger partial charge on any atom is -0.205 e. The van der Waals surface area contributed by atoms with Crippen molar-refractivity contribution in [2.45, 2.75) is 71.3 Å². The topological polar surface area (TPSA) is 27.7 Å². The number of rotatable bonds is 10. The van der Waals surface area contributed by atoms with E-state index >= 15 is 0 Å². The molecule has 0 fully saturated rings. The normalized spacial score (nSPS) is 10.3. The Kier molecular flexibility index (Phi) is 8.72. The second kappa shape index (κ2) is 10.6. The lowest BCUT2D eigenvalue weighted by molar-refractivity contribution is -0.697. The summed E-state index contributed by atoms with van der Waals surface area (Å²) in [6.07, 6.45) is 16.3. The molecule has 0 N–H and O–H groups in total. The Bertz CT molecular complexity index is 362. The molecule has 0 atom stereocenters. The molecule has 0 aromatic carbocycles. The number of aryl methyl sites for hydroxylation is 1. The third-order valence-electron chi connectivity index (χ3n) is 3.54. The highest BCUT2D eigenvalue weighted by Crippen LogP contribution is 2.09. The first kappa shape index (κ1) is 15.7. The van der Waals surface area contributed by atoms with Gasteiger partial charge in [0.15, 0.2) is 12.4 Å². The first-order chi connectivity index (χ1) is 9.36. The summed E-state index contributed by atoms with van der Waals surface area (Å²) >= 11 is 0. The van der Waals surface area contributed by atoms with Crippen molar-refractivity contribution >= 4 is 0 Å². The molecule has 0 saturated heterocycles. The fraction of sp³-hybridized carbons (Fsp3) is 0.647. The van der Waals surface area contributed by atoms with E-state index in [0.29, 0.717) is 0 Å². The standard InChI is InChI=1S/C17H27N2/c1-2-3-4-5-6-7-8-9-10-13-19-14-11-17(16-18)12-15-19/h11-12,14-15H,2-10,13H2,1H3/q+1. The quantitative estimate of drug-likeness (QED) is 0.452. The van der Waals surface area contributed by atoms with Gasteiger partial charge in [-0.2, -0.15) is 5.26 Å². The van der Waals surface area contributed by atoms with Crippen LogP contribution < -0.4 is 4.57 Å². The lowest BCUT2D eigenvalue weighted by Crippen LogP contribution is -2.32. The molecule has 0 saturated carbocycles. The smallest absolute Gasteiger partial charge is 0.170 e. The Labute approximate surface area is 118 Å². The Morgan fingerprint density at radius 2 is 1.42 bits per heavy atom. The molecule has 1 heterocycles. The van der Waals surface area contributed by atoms with Gasteiger partial charge >= 0.3 is 0 Å². The van der Waals surface area contributed by atoms with Crippen molar-refractivity contribution in [2.24, 2.45) is 0 Å². The minimum atomic E-state index is 0.739. The molecule has 2 heteroatoms. The number of pyridine rings is 1. The van der Waals surface area contributed by atoms with Crippen LogP contribution in [-0.4, -0.2) is 0 Å². The van der Waals surface area contributed by atoms with E-state index in [2.05, 4.69) is 17.6 Å². The second-order valence-corrected chi connectivity index (χ2v) is 5.26. The van der Waals surface area contributed by atoms with Crippen molar-refractivity contribution in [3.05, 3.63) is 30.1 Å². The number of hydrogen-bond acceptors (Lipinski definition) is 1. The van der Waals surface area contributed by atoms with Crippen LogP contribution in [0.5, 0.6) is 0 Å². The summed E-state index contributed by atoms with van der Waals surface area (Å²) in [6, 6.07) is 5.91. The van der Waals surface area contributed by atoms with Crippen LogP contribution in [0.25, 0.3) is 0 Å². The third kappa shape index (κ3) is 7.62. The summed E-state index contributed by atoms with van der Waals surface area (Å²) in [6.45, 7) is 3.34. The molecule has 19 heavy (non-hydrogen) atoms. The number of aromatic nitrogens is 1. The summed E-state index contributed by atoms with van der Waals surface area (Å²) in [4.78, 5) is 0. The van der Waals surface area contributed by atoms with Gasteiger partial charge in [-0.05, 0) is 6.42 Å². The van der Waals surface area contributed by atoms with E-state index in [-0.39, 0.29) is 0 Å². The molecule has 0 aliphatic rings. The van der Waals surface area contributed by atoms with Gasteiger partial charge in [0.1, 0.15) is 6.54 Å². The van der Waals surface area contributed by atoms with Gasteiger partial charge in [-0.1, -0.05) is 51.9 Å². The van der Waals surface area contributed by atoms with E-state index in [1.807, 2.05) is 24.5 Å². The fourth-order valence-corrected chi connectivity index (χ4v) is 2.29. The lowest BCUT2D eigenvalue weighted by atomic mass is 10.1. The molecule has 1 rings (SSSR count). The average Bonchev–Trinajstić information content (AvgIpc) is 2.46. The molecule has 2 nitrogen and oxygen atoms in total. The van der Waals surface area contributed by atoms with Gasteiger partial charge in [0.05, 0.1) is 11.6 Å². The molecule has 1 aromatic rings. The highest BCUT2D eigenvalue weighted by atomic mass is 14.9. The Morgan fingerprint density at radius 3 is 1.95 bits per heavy atom. The van der Waals surface area contributed by atoms with Crippen molar-refractivity contribution in [2.75, 3.05) is 0 Å². The predicted octanol–water partition coefficient (Wildman–Crippen LogP) is 4.38. The highest BCUT2D eigenvalue weighted by Gasteiger charge is 2.00. The lowest BCUT2D eigenvalue weighted by Gasteiger charge is -2.00. The summed E-state index contributed by atoms with van der Waals surface area (Å²) < 4.78 is 2.17. The van der Waals surface area contributed by atoms with Crippen molar-refractivity contribution in [3.63, 3.8) is 0 Å². The number of nitrogens with zero attached hydrogens (tertiary/aromatic N) is 2. The Hall–Kier alpha value is -1.36. The van der Waals surface area contributed by atoms with Crippen LogP contribution in [0.2, 0.25) is 0 Å². The fourth-order valence-electron chi connectivity index (χ4n) is 2.29. The molecule has 0 radical (unpaired) electrons. The Balaban J connectivity index is 1.97. The van der Waals surface area contributed by atoms with Crippen molar-refractivity contribution in [3.8, 4) is 6.07 Å². The zero-order valence-electron chi connectivity index (χ0n) is 12.3. The molecule has 0 amide bonds. The van der Waals surface area contributed by atoms with E-state index in [0.717, 1.165) is 12.1 Å².